The summed E-state index contributed by atoms with van der Waals surface area (Å²) in [5, 5.41) is 9.30. The van der Waals surface area contributed by atoms with E-state index in [0.29, 0.717) is 6.04 Å². The topological polar surface area (TPSA) is 77.7 Å². The molecule has 0 saturated carbocycles. The highest BCUT2D eigenvalue weighted by molar-refractivity contribution is 5.85. The zero-order valence-corrected chi connectivity index (χ0v) is 16.2. The highest BCUT2D eigenvalue weighted by Gasteiger charge is 2.25. The summed E-state index contributed by atoms with van der Waals surface area (Å²) < 4.78 is 0. The van der Waals surface area contributed by atoms with E-state index < -0.39 is 0 Å². The van der Waals surface area contributed by atoms with Gasteiger partial charge in [0.05, 0.1) is 17.4 Å². The fourth-order valence-corrected chi connectivity index (χ4v) is 3.71. The molecule has 2 unspecified atom stereocenters. The molecule has 4 rings (SSSR count). The van der Waals surface area contributed by atoms with E-state index in [1.165, 1.54) is 5.57 Å². The van der Waals surface area contributed by atoms with Gasteiger partial charge in [0.1, 0.15) is 0 Å². The molecule has 2 atom stereocenters. The third kappa shape index (κ3) is 4.12. The Bertz CT molecular complexity index is 875. The maximum Gasteiger partial charge on any atom is 0.0861 e. The lowest BCUT2D eigenvalue weighted by atomic mass is 10.1. The standard InChI is InChI=1S/C22H28N6/c1-2-19(10-11-24-18-7-5-6-17(23)12-18)28-15-16(13-26-28)22-14-25-20-8-3-4-9-21(20)27-22/h3-9,12,14-15,19,22,24,26-27H,2,10-11,13,23H2,1H3. The van der Waals surface area contributed by atoms with Crippen molar-refractivity contribution in [3.05, 3.63) is 60.3 Å². The van der Waals surface area contributed by atoms with E-state index in [2.05, 4.69) is 51.3 Å². The molecule has 0 saturated heterocycles. The van der Waals surface area contributed by atoms with Crippen molar-refractivity contribution in [3.8, 4) is 0 Å². The molecule has 2 heterocycles. The smallest absolute Gasteiger partial charge is 0.0861 e. The van der Waals surface area contributed by atoms with Crippen LogP contribution in [0.25, 0.3) is 0 Å². The van der Waals surface area contributed by atoms with Gasteiger partial charge in [0.25, 0.3) is 0 Å². The maximum atomic E-state index is 5.85. The van der Waals surface area contributed by atoms with Gasteiger partial charge < -0.3 is 21.4 Å². The Morgan fingerprint density at radius 2 is 2.14 bits per heavy atom. The quantitative estimate of drug-likeness (QED) is 0.554. The summed E-state index contributed by atoms with van der Waals surface area (Å²) in [6.07, 6.45) is 6.36. The summed E-state index contributed by atoms with van der Waals surface area (Å²) in [5.41, 5.74) is 14.6. The molecule has 2 aromatic carbocycles. The number of nitrogen functional groups attached to an aromatic ring is 1. The van der Waals surface area contributed by atoms with Crippen molar-refractivity contribution in [2.45, 2.75) is 31.8 Å². The van der Waals surface area contributed by atoms with Crippen LogP contribution in [-0.2, 0) is 0 Å². The van der Waals surface area contributed by atoms with Gasteiger partial charge in [-0.15, -0.1) is 0 Å². The van der Waals surface area contributed by atoms with Crippen molar-refractivity contribution in [2.75, 3.05) is 29.5 Å². The van der Waals surface area contributed by atoms with E-state index >= 15 is 0 Å². The third-order valence-electron chi connectivity index (χ3n) is 5.31. The fraction of sp³-hybridized carbons (Fsp3) is 0.318. The van der Waals surface area contributed by atoms with Crippen molar-refractivity contribution >= 4 is 29.0 Å². The molecule has 0 bridgehead atoms. The number of aliphatic imine (C=N–C) groups is 1. The van der Waals surface area contributed by atoms with E-state index in [1.807, 2.05) is 42.6 Å². The SMILES string of the molecule is CCC(CCNc1cccc(N)c1)N1C=C(C2C=Nc3ccccc3N2)CN1. The number of hydrazine groups is 1. The molecule has 2 aliphatic heterocycles. The summed E-state index contributed by atoms with van der Waals surface area (Å²) in [5.74, 6) is 0. The number of benzene rings is 2. The van der Waals surface area contributed by atoms with Gasteiger partial charge in [0, 0.05) is 42.9 Å². The van der Waals surface area contributed by atoms with Crippen LogP contribution in [0, 0.1) is 0 Å². The molecule has 6 nitrogen and oxygen atoms in total. The van der Waals surface area contributed by atoms with Crippen LogP contribution < -0.4 is 21.8 Å². The Morgan fingerprint density at radius 1 is 1.25 bits per heavy atom. The van der Waals surface area contributed by atoms with Crippen molar-refractivity contribution in [3.63, 3.8) is 0 Å². The minimum Gasteiger partial charge on any atom is -0.399 e. The van der Waals surface area contributed by atoms with Crippen LogP contribution in [0.15, 0.2) is 65.3 Å². The van der Waals surface area contributed by atoms with Gasteiger partial charge in [-0.1, -0.05) is 25.1 Å². The first kappa shape index (κ1) is 18.4. The Morgan fingerprint density at radius 3 is 3.00 bits per heavy atom. The molecular formula is C22H28N6. The van der Waals surface area contributed by atoms with Gasteiger partial charge in [-0.05, 0) is 48.7 Å². The Balaban J connectivity index is 1.34. The van der Waals surface area contributed by atoms with E-state index in [0.717, 1.165) is 48.7 Å². The molecule has 2 aliphatic rings. The number of fused-ring (bicyclic) bond motifs is 1. The van der Waals surface area contributed by atoms with Gasteiger partial charge in [-0.2, -0.15) is 0 Å². The second-order valence-corrected chi connectivity index (χ2v) is 7.27. The van der Waals surface area contributed by atoms with Gasteiger partial charge in [0.2, 0.25) is 0 Å². The van der Waals surface area contributed by atoms with Crippen LogP contribution in [0.4, 0.5) is 22.7 Å². The second kappa shape index (κ2) is 8.35. The van der Waals surface area contributed by atoms with Crippen molar-refractivity contribution < 1.29 is 0 Å². The van der Waals surface area contributed by atoms with Crippen molar-refractivity contribution in [1.82, 2.24) is 10.4 Å². The number of nitrogens with zero attached hydrogens (tertiary/aromatic N) is 2. The Labute approximate surface area is 166 Å². The fourth-order valence-electron chi connectivity index (χ4n) is 3.71. The molecular weight excluding hydrogens is 348 g/mol. The van der Waals surface area contributed by atoms with Gasteiger partial charge in [-0.3, -0.25) is 4.99 Å². The molecule has 0 spiro atoms. The van der Waals surface area contributed by atoms with Crippen molar-refractivity contribution in [1.29, 1.82) is 0 Å². The number of hydrogen-bond donors (Lipinski definition) is 4. The summed E-state index contributed by atoms with van der Waals surface area (Å²) in [6, 6.07) is 16.6. The van der Waals surface area contributed by atoms with E-state index in [1.54, 1.807) is 0 Å². The minimum atomic E-state index is 0.135. The normalized spacial score (nSPS) is 19.0. The van der Waals surface area contributed by atoms with Gasteiger partial charge in [0.15, 0.2) is 0 Å². The van der Waals surface area contributed by atoms with Crippen LogP contribution in [-0.4, -0.2) is 36.4 Å². The summed E-state index contributed by atoms with van der Waals surface area (Å²) >= 11 is 0. The van der Waals surface area contributed by atoms with E-state index in [4.69, 9.17) is 5.73 Å². The zero-order chi connectivity index (χ0) is 19.3. The van der Waals surface area contributed by atoms with Crippen LogP contribution in [0.2, 0.25) is 0 Å². The lowest BCUT2D eigenvalue weighted by Crippen LogP contribution is -2.39. The van der Waals surface area contributed by atoms with Crippen LogP contribution in [0.1, 0.15) is 19.8 Å². The number of rotatable bonds is 7. The molecule has 5 N–H and O–H groups in total. The largest absolute Gasteiger partial charge is 0.399 e. The monoisotopic (exact) mass is 376 g/mol. The number of hydrogen-bond acceptors (Lipinski definition) is 6. The summed E-state index contributed by atoms with van der Waals surface area (Å²) in [4.78, 5) is 4.60. The highest BCUT2D eigenvalue weighted by atomic mass is 15.5. The number of nitrogens with two attached hydrogens (primary N) is 1. The maximum absolute atomic E-state index is 5.85. The summed E-state index contributed by atoms with van der Waals surface area (Å²) in [7, 11) is 0. The average molecular weight is 377 g/mol. The minimum absolute atomic E-state index is 0.135. The predicted molar refractivity (Wildman–Crippen MR) is 118 cm³/mol. The average Bonchev–Trinajstić information content (AvgIpc) is 3.21. The first-order valence-corrected chi connectivity index (χ1v) is 9.94. The lowest BCUT2D eigenvalue weighted by Gasteiger charge is -2.27. The third-order valence-corrected chi connectivity index (χ3v) is 5.31. The van der Waals surface area contributed by atoms with Gasteiger partial charge in [-0.25, -0.2) is 5.43 Å². The molecule has 0 aromatic heterocycles. The number of nitrogens with one attached hydrogen (secondary N) is 3. The molecule has 146 valence electrons. The number of anilines is 3. The molecule has 0 amide bonds. The van der Waals surface area contributed by atoms with Crippen LogP contribution in [0.5, 0.6) is 0 Å². The zero-order valence-electron chi connectivity index (χ0n) is 16.2. The Kier molecular flexibility index (Phi) is 5.48. The van der Waals surface area contributed by atoms with E-state index in [9.17, 15) is 0 Å². The number of para-hydroxylation sites is 2. The van der Waals surface area contributed by atoms with Crippen molar-refractivity contribution in [2.24, 2.45) is 4.99 Å². The highest BCUT2D eigenvalue weighted by Crippen LogP contribution is 2.29. The second-order valence-electron chi connectivity index (χ2n) is 7.27. The molecule has 6 heteroatoms. The van der Waals surface area contributed by atoms with Gasteiger partial charge >= 0.3 is 0 Å². The molecule has 28 heavy (non-hydrogen) atoms. The summed E-state index contributed by atoms with van der Waals surface area (Å²) in [6.45, 7) is 3.97. The molecule has 0 aliphatic carbocycles. The predicted octanol–water partition coefficient (Wildman–Crippen LogP) is 3.75. The molecule has 0 fully saturated rings. The lowest BCUT2D eigenvalue weighted by molar-refractivity contribution is 0.208. The Hall–Kier alpha value is -2.99. The first-order valence-electron chi connectivity index (χ1n) is 9.94. The first-order chi connectivity index (χ1) is 13.7. The van der Waals surface area contributed by atoms with E-state index in [-0.39, 0.29) is 6.04 Å². The molecule has 2 aromatic rings. The van der Waals surface area contributed by atoms with Crippen LogP contribution >= 0.6 is 0 Å². The van der Waals surface area contributed by atoms with Crippen LogP contribution in [0.3, 0.4) is 0 Å². The molecule has 0 radical (unpaired) electrons.